The molecule has 0 aromatic carbocycles. The van der Waals surface area contributed by atoms with Crippen LogP contribution in [-0.4, -0.2) is 33.4 Å². The first kappa shape index (κ1) is 13.5. The van der Waals surface area contributed by atoms with E-state index >= 15 is 0 Å². The third kappa shape index (κ3) is 2.12. The van der Waals surface area contributed by atoms with Crippen LogP contribution in [0.2, 0.25) is 0 Å². The summed E-state index contributed by atoms with van der Waals surface area (Å²) in [5.41, 5.74) is 1.37. The van der Waals surface area contributed by atoms with Crippen molar-refractivity contribution >= 4 is 17.4 Å². The topological polar surface area (TPSA) is 71.0 Å². The monoisotopic (exact) mass is 283 g/mol. The summed E-state index contributed by atoms with van der Waals surface area (Å²) in [5.74, 6) is 1.27. The molecule has 3 rings (SSSR count). The number of hydrogen-bond donors (Lipinski definition) is 1. The van der Waals surface area contributed by atoms with E-state index in [0.717, 1.165) is 5.69 Å². The molecule has 6 nitrogen and oxygen atoms in total. The van der Waals surface area contributed by atoms with Crippen LogP contribution in [0.1, 0.15) is 19.7 Å². The lowest BCUT2D eigenvalue weighted by Gasteiger charge is -2.37. The molecule has 0 fully saturated rings. The van der Waals surface area contributed by atoms with E-state index in [4.69, 9.17) is 0 Å². The van der Waals surface area contributed by atoms with E-state index in [1.165, 1.54) is 0 Å². The molecule has 0 atom stereocenters. The van der Waals surface area contributed by atoms with Gasteiger partial charge in [-0.2, -0.15) is 0 Å². The highest BCUT2D eigenvalue weighted by molar-refractivity contribution is 6.09. The lowest BCUT2D eigenvalue weighted by atomic mass is 9.99. The van der Waals surface area contributed by atoms with Gasteiger partial charge in [-0.1, -0.05) is 6.07 Å². The van der Waals surface area contributed by atoms with Crippen LogP contribution in [0.15, 0.2) is 24.4 Å². The SMILES string of the molecule is Cc1nc2c(c(-c3ccccn3)n1)N(C)C(=O)C(C)(C)N2. The lowest BCUT2D eigenvalue weighted by Crippen LogP contribution is -2.53. The minimum Gasteiger partial charge on any atom is -0.354 e. The van der Waals surface area contributed by atoms with E-state index in [-0.39, 0.29) is 5.91 Å². The first-order valence-electron chi connectivity index (χ1n) is 6.76. The number of amides is 1. The quantitative estimate of drug-likeness (QED) is 0.867. The van der Waals surface area contributed by atoms with Gasteiger partial charge in [-0.15, -0.1) is 0 Å². The molecular formula is C15H17N5O. The van der Waals surface area contributed by atoms with Gasteiger partial charge in [0.05, 0.1) is 5.69 Å². The largest absolute Gasteiger partial charge is 0.354 e. The number of fused-ring (bicyclic) bond motifs is 1. The predicted octanol–water partition coefficient (Wildman–Crippen LogP) is 2.01. The molecule has 3 heterocycles. The van der Waals surface area contributed by atoms with E-state index in [1.807, 2.05) is 39.0 Å². The summed E-state index contributed by atoms with van der Waals surface area (Å²) in [6.07, 6.45) is 1.71. The van der Waals surface area contributed by atoms with Crippen LogP contribution < -0.4 is 10.2 Å². The summed E-state index contributed by atoms with van der Waals surface area (Å²) in [6, 6.07) is 5.62. The highest BCUT2D eigenvalue weighted by Crippen LogP contribution is 2.38. The number of likely N-dealkylation sites (N-methyl/N-ethyl adjacent to an activating group) is 1. The molecule has 1 N–H and O–H groups in total. The first-order chi connectivity index (χ1) is 9.90. The van der Waals surface area contributed by atoms with Crippen molar-refractivity contribution in [1.29, 1.82) is 0 Å². The van der Waals surface area contributed by atoms with Gasteiger partial charge in [0.1, 0.15) is 22.7 Å². The van der Waals surface area contributed by atoms with Crippen LogP contribution in [0.4, 0.5) is 11.5 Å². The Morgan fingerprint density at radius 1 is 1.24 bits per heavy atom. The predicted molar refractivity (Wildman–Crippen MR) is 81.1 cm³/mol. The van der Waals surface area contributed by atoms with Gasteiger partial charge in [0.15, 0.2) is 5.82 Å². The molecule has 1 amide bonds. The van der Waals surface area contributed by atoms with Crippen LogP contribution in [0, 0.1) is 6.92 Å². The molecule has 108 valence electrons. The number of aromatic nitrogens is 3. The summed E-state index contributed by atoms with van der Waals surface area (Å²) in [4.78, 5) is 27.3. The molecule has 2 aromatic rings. The Bertz CT molecular complexity index is 712. The molecule has 0 saturated heterocycles. The Labute approximate surface area is 123 Å². The number of nitrogens with zero attached hydrogens (tertiary/aromatic N) is 4. The number of rotatable bonds is 1. The molecular weight excluding hydrogens is 266 g/mol. The normalized spacial score (nSPS) is 16.4. The lowest BCUT2D eigenvalue weighted by molar-refractivity contribution is -0.121. The molecule has 6 heteroatoms. The number of hydrogen-bond acceptors (Lipinski definition) is 5. The van der Waals surface area contributed by atoms with Crippen molar-refractivity contribution in [3.8, 4) is 11.4 Å². The highest BCUT2D eigenvalue weighted by Gasteiger charge is 2.39. The zero-order valence-corrected chi connectivity index (χ0v) is 12.5. The highest BCUT2D eigenvalue weighted by atomic mass is 16.2. The van der Waals surface area contributed by atoms with Crippen molar-refractivity contribution in [2.75, 3.05) is 17.3 Å². The summed E-state index contributed by atoms with van der Waals surface area (Å²) < 4.78 is 0. The zero-order chi connectivity index (χ0) is 15.2. The Morgan fingerprint density at radius 3 is 2.67 bits per heavy atom. The molecule has 0 saturated carbocycles. The number of pyridine rings is 1. The molecule has 1 aliphatic heterocycles. The van der Waals surface area contributed by atoms with Gasteiger partial charge >= 0.3 is 0 Å². The average Bonchev–Trinajstić information content (AvgIpc) is 2.44. The maximum absolute atomic E-state index is 12.5. The molecule has 2 aromatic heterocycles. The minimum atomic E-state index is -0.691. The standard InChI is InChI=1S/C15H17N5O/c1-9-17-11(10-7-5-6-8-16-10)12-13(18-9)19-15(2,3)14(21)20(12)4/h5-8H,1-4H3,(H,17,18,19). The Balaban J connectivity index is 2.26. The van der Waals surface area contributed by atoms with Crippen LogP contribution in [0.25, 0.3) is 11.4 Å². The third-order valence-electron chi connectivity index (χ3n) is 3.51. The van der Waals surface area contributed by atoms with Crippen LogP contribution in [0.5, 0.6) is 0 Å². The number of aryl methyl sites for hydroxylation is 1. The van der Waals surface area contributed by atoms with E-state index in [9.17, 15) is 4.79 Å². The van der Waals surface area contributed by atoms with Crippen molar-refractivity contribution in [3.63, 3.8) is 0 Å². The average molecular weight is 283 g/mol. The summed E-state index contributed by atoms with van der Waals surface area (Å²) in [5, 5.41) is 3.20. The summed E-state index contributed by atoms with van der Waals surface area (Å²) >= 11 is 0. The van der Waals surface area contributed by atoms with Crippen molar-refractivity contribution in [1.82, 2.24) is 15.0 Å². The third-order valence-corrected chi connectivity index (χ3v) is 3.51. The molecule has 0 radical (unpaired) electrons. The fourth-order valence-electron chi connectivity index (χ4n) is 2.52. The molecule has 1 aliphatic rings. The minimum absolute atomic E-state index is 0.0281. The van der Waals surface area contributed by atoms with Gasteiger partial charge in [0.25, 0.3) is 5.91 Å². The van der Waals surface area contributed by atoms with Crippen molar-refractivity contribution in [3.05, 3.63) is 30.2 Å². The number of carbonyl (C=O) groups is 1. The zero-order valence-electron chi connectivity index (χ0n) is 12.5. The van der Waals surface area contributed by atoms with Crippen molar-refractivity contribution in [2.45, 2.75) is 26.3 Å². The van der Waals surface area contributed by atoms with Crippen LogP contribution >= 0.6 is 0 Å². The van der Waals surface area contributed by atoms with Crippen molar-refractivity contribution in [2.24, 2.45) is 0 Å². The van der Waals surface area contributed by atoms with Crippen LogP contribution in [0.3, 0.4) is 0 Å². The number of anilines is 2. The molecule has 21 heavy (non-hydrogen) atoms. The fourth-order valence-corrected chi connectivity index (χ4v) is 2.52. The Morgan fingerprint density at radius 2 is 2.00 bits per heavy atom. The first-order valence-corrected chi connectivity index (χ1v) is 6.76. The molecule has 0 spiro atoms. The maximum Gasteiger partial charge on any atom is 0.252 e. The second-order valence-corrected chi connectivity index (χ2v) is 5.65. The summed E-state index contributed by atoms with van der Waals surface area (Å²) in [7, 11) is 1.74. The van der Waals surface area contributed by atoms with Gasteiger partial charge in [-0.3, -0.25) is 9.78 Å². The Kier molecular flexibility index (Phi) is 2.90. The maximum atomic E-state index is 12.5. The van der Waals surface area contributed by atoms with E-state index in [0.29, 0.717) is 23.0 Å². The van der Waals surface area contributed by atoms with Gasteiger partial charge in [-0.25, -0.2) is 9.97 Å². The van der Waals surface area contributed by atoms with Crippen molar-refractivity contribution < 1.29 is 4.79 Å². The number of carbonyl (C=O) groups excluding carboxylic acids is 1. The van der Waals surface area contributed by atoms with Gasteiger partial charge in [0, 0.05) is 13.2 Å². The van der Waals surface area contributed by atoms with E-state index < -0.39 is 5.54 Å². The smallest absolute Gasteiger partial charge is 0.252 e. The van der Waals surface area contributed by atoms with Gasteiger partial charge in [-0.05, 0) is 32.9 Å². The second-order valence-electron chi connectivity index (χ2n) is 5.65. The van der Waals surface area contributed by atoms with Gasteiger partial charge < -0.3 is 10.2 Å². The number of nitrogens with one attached hydrogen (secondary N) is 1. The van der Waals surface area contributed by atoms with Gasteiger partial charge in [0.2, 0.25) is 0 Å². The fraction of sp³-hybridized carbons (Fsp3) is 0.333. The second kappa shape index (κ2) is 4.51. The van der Waals surface area contributed by atoms with E-state index in [2.05, 4.69) is 20.3 Å². The Hall–Kier alpha value is -2.50. The molecule has 0 bridgehead atoms. The molecule has 0 aliphatic carbocycles. The van der Waals surface area contributed by atoms with Crippen LogP contribution in [-0.2, 0) is 4.79 Å². The molecule has 0 unspecified atom stereocenters. The van der Waals surface area contributed by atoms with E-state index in [1.54, 1.807) is 18.1 Å². The summed E-state index contributed by atoms with van der Waals surface area (Å²) in [6.45, 7) is 5.51.